The Morgan fingerprint density at radius 1 is 0.432 bits per heavy atom. The first-order chi connectivity index (χ1) is 36.1. The Morgan fingerprint density at radius 2 is 0.757 bits per heavy atom. The molecule has 0 radical (unpaired) electrons. The summed E-state index contributed by atoms with van der Waals surface area (Å²) in [7, 11) is 0. The zero-order valence-corrected chi connectivity index (χ0v) is 43.1. The lowest BCUT2D eigenvalue weighted by Gasteiger charge is -2.50. The average molecular weight is 1070 g/mol. The fourth-order valence-electron chi connectivity index (χ4n) is 8.60. The zero-order chi connectivity index (χ0) is 51.5. The molecule has 390 valence electrons. The summed E-state index contributed by atoms with van der Waals surface area (Å²) in [5.74, 6) is -1.29. The number of esters is 1. The van der Waals surface area contributed by atoms with Gasteiger partial charge in [-0.2, -0.15) is 0 Å². The second kappa shape index (κ2) is 28.1. The molecule has 2 saturated heterocycles. The Hall–Kier alpha value is -5.23. The highest BCUT2D eigenvalue weighted by Crippen LogP contribution is 2.38. The molecule has 0 amide bonds. The fraction of sp³-hybridized carbons (Fsp3) is 0.345. The van der Waals surface area contributed by atoms with Crippen molar-refractivity contribution in [1.29, 1.82) is 5.41 Å². The number of nitrogens with one attached hydrogen (secondary N) is 1. The van der Waals surface area contributed by atoms with E-state index in [4.69, 9.17) is 92.3 Å². The highest BCUT2D eigenvalue weighted by Gasteiger charge is 2.56. The minimum atomic E-state index is -2.26. The largest absolute Gasteiger partial charge is 0.457 e. The molecule has 0 unspecified atom stereocenters. The maximum absolute atomic E-state index is 13.4. The Bertz CT molecular complexity index is 2570. The average Bonchev–Trinajstić information content (AvgIpc) is 3.41. The van der Waals surface area contributed by atoms with Crippen LogP contribution < -0.4 is 0 Å². The van der Waals surface area contributed by atoms with Crippen molar-refractivity contribution in [3.05, 3.63) is 215 Å². The number of alkyl halides is 3. The second-order valence-electron chi connectivity index (χ2n) is 17.8. The Kier molecular flexibility index (Phi) is 20.9. The number of benzene rings is 6. The molecule has 13 nitrogen and oxygen atoms in total. The summed E-state index contributed by atoms with van der Waals surface area (Å²) in [6.07, 6.45) is -11.2. The molecule has 2 aliphatic rings. The number of carbonyl (C=O) groups excluding carboxylic acids is 1. The molecule has 0 aliphatic carbocycles. The van der Waals surface area contributed by atoms with Crippen LogP contribution in [0.2, 0.25) is 0 Å². The molecule has 16 heteroatoms. The number of ether oxygens (including phenoxy) is 11. The topological polar surface area (TPSA) is 142 Å². The van der Waals surface area contributed by atoms with Gasteiger partial charge >= 0.3 is 5.97 Å². The van der Waals surface area contributed by atoms with Gasteiger partial charge in [-0.15, -0.1) is 0 Å². The summed E-state index contributed by atoms with van der Waals surface area (Å²) in [5.41, 5.74) is 5.23. The monoisotopic (exact) mass is 1070 g/mol. The standard InChI is InChI=1S/C58H60Cl3NO12/c1-40(63)70-52-49(66-34-43-24-12-4-13-25-43)47(38-64-32-41-20-8-2-9-21-41)71-55(54(52)69-37-46-30-18-7-19-31-46)73-50-48(39-65-33-42-22-10-3-11-23-42)72-56(74-57(62)58(59,60)61)53(68-36-45-28-16-6-17-29-45)51(50)67-35-44-26-14-5-15-27-44/h2-31,47-56,62H,32-39H2,1H3/t47-,48-,49+,50-,51+,52+,53-,54-,55+,56-/m1/s1. The molecule has 74 heavy (non-hydrogen) atoms. The summed E-state index contributed by atoms with van der Waals surface area (Å²) in [6.45, 7) is 2.03. The number of hydrogen-bond donors (Lipinski definition) is 1. The van der Waals surface area contributed by atoms with Gasteiger partial charge in [0.1, 0.15) is 42.7 Å². The molecule has 0 bridgehead atoms. The van der Waals surface area contributed by atoms with Crippen LogP contribution in [0, 0.1) is 5.41 Å². The molecule has 0 saturated carbocycles. The lowest BCUT2D eigenvalue weighted by Crippen LogP contribution is -2.66. The van der Waals surface area contributed by atoms with E-state index in [9.17, 15) is 4.79 Å². The van der Waals surface area contributed by atoms with Crippen LogP contribution in [0.1, 0.15) is 40.3 Å². The van der Waals surface area contributed by atoms with Crippen LogP contribution in [0.3, 0.4) is 0 Å². The Balaban J connectivity index is 1.21. The summed E-state index contributed by atoms with van der Waals surface area (Å²) in [5, 5.41) is 8.74. The van der Waals surface area contributed by atoms with Crippen molar-refractivity contribution < 1.29 is 56.9 Å². The van der Waals surface area contributed by atoms with Gasteiger partial charge in [-0.25, -0.2) is 0 Å². The van der Waals surface area contributed by atoms with Gasteiger partial charge in [0.05, 0.1) is 52.9 Å². The van der Waals surface area contributed by atoms with E-state index in [1.54, 1.807) is 0 Å². The van der Waals surface area contributed by atoms with Gasteiger partial charge in [0.2, 0.25) is 12.2 Å². The molecule has 0 aromatic heterocycles. The zero-order valence-electron chi connectivity index (χ0n) is 40.8. The second-order valence-corrected chi connectivity index (χ2v) is 20.0. The highest BCUT2D eigenvalue weighted by molar-refractivity contribution is 6.76. The van der Waals surface area contributed by atoms with E-state index in [2.05, 4.69) is 0 Å². The number of rotatable bonds is 24. The van der Waals surface area contributed by atoms with Crippen LogP contribution in [0.25, 0.3) is 0 Å². The van der Waals surface area contributed by atoms with Crippen LogP contribution in [0.5, 0.6) is 0 Å². The number of halogens is 3. The highest BCUT2D eigenvalue weighted by atomic mass is 35.6. The van der Waals surface area contributed by atoms with Gasteiger partial charge in [-0.1, -0.05) is 217 Å². The van der Waals surface area contributed by atoms with Crippen LogP contribution in [-0.2, 0) is 96.5 Å². The molecule has 0 spiro atoms. The maximum atomic E-state index is 13.4. The lowest BCUT2D eigenvalue weighted by atomic mass is 9.95. The molecule has 2 heterocycles. The Labute approximate surface area is 447 Å². The van der Waals surface area contributed by atoms with Gasteiger partial charge < -0.3 is 52.1 Å². The molecule has 10 atom stereocenters. The third-order valence-corrected chi connectivity index (χ3v) is 12.7. The van der Waals surface area contributed by atoms with Gasteiger partial charge in [0.25, 0.3) is 3.79 Å². The number of hydrogen-bond acceptors (Lipinski definition) is 13. The van der Waals surface area contributed by atoms with Crippen molar-refractivity contribution in [2.75, 3.05) is 13.2 Å². The smallest absolute Gasteiger partial charge is 0.303 e. The normalized spacial score (nSPS) is 23.9. The summed E-state index contributed by atoms with van der Waals surface area (Å²) in [6, 6.07) is 57.7. The van der Waals surface area contributed by atoms with Gasteiger partial charge in [-0.05, 0) is 33.4 Å². The minimum Gasteiger partial charge on any atom is -0.457 e. The molecule has 2 aliphatic heterocycles. The first-order valence-electron chi connectivity index (χ1n) is 24.4. The van der Waals surface area contributed by atoms with E-state index in [0.29, 0.717) is 0 Å². The van der Waals surface area contributed by atoms with Gasteiger partial charge in [0, 0.05) is 6.92 Å². The van der Waals surface area contributed by atoms with Crippen LogP contribution >= 0.6 is 34.8 Å². The summed E-state index contributed by atoms with van der Waals surface area (Å²) >= 11 is 18.8. The van der Waals surface area contributed by atoms with E-state index < -0.39 is 77.1 Å². The molecular formula is C58H60Cl3NO12. The third-order valence-electron chi connectivity index (χ3n) is 12.2. The van der Waals surface area contributed by atoms with E-state index in [1.165, 1.54) is 6.92 Å². The van der Waals surface area contributed by atoms with Crippen molar-refractivity contribution in [3.8, 4) is 0 Å². The summed E-state index contributed by atoms with van der Waals surface area (Å²) < 4.78 is 71.4. The third kappa shape index (κ3) is 16.4. The molecule has 2 fully saturated rings. The van der Waals surface area contributed by atoms with Crippen LogP contribution in [0.15, 0.2) is 182 Å². The quantitative estimate of drug-likeness (QED) is 0.0267. The summed E-state index contributed by atoms with van der Waals surface area (Å²) in [4.78, 5) is 13.4. The molecule has 6 aromatic rings. The first kappa shape index (κ1) is 55.0. The van der Waals surface area contributed by atoms with Crippen LogP contribution in [-0.4, -0.2) is 90.3 Å². The van der Waals surface area contributed by atoms with E-state index >= 15 is 0 Å². The van der Waals surface area contributed by atoms with E-state index in [1.807, 2.05) is 182 Å². The van der Waals surface area contributed by atoms with E-state index in [0.717, 1.165) is 33.4 Å². The predicted molar refractivity (Wildman–Crippen MR) is 279 cm³/mol. The first-order valence-corrected chi connectivity index (χ1v) is 25.5. The van der Waals surface area contributed by atoms with Crippen molar-refractivity contribution in [2.45, 2.75) is 112 Å². The van der Waals surface area contributed by atoms with Crippen molar-refractivity contribution >= 4 is 46.7 Å². The predicted octanol–water partition coefficient (Wildman–Crippen LogP) is 10.9. The molecule has 6 aromatic carbocycles. The number of carbonyl (C=O) groups is 1. The molecule has 1 N–H and O–H groups in total. The van der Waals surface area contributed by atoms with Crippen molar-refractivity contribution in [1.82, 2.24) is 0 Å². The van der Waals surface area contributed by atoms with Crippen LogP contribution in [0.4, 0.5) is 0 Å². The maximum Gasteiger partial charge on any atom is 0.303 e. The minimum absolute atomic E-state index is 0.00599. The Morgan fingerprint density at radius 3 is 1.14 bits per heavy atom. The van der Waals surface area contributed by atoms with E-state index in [-0.39, 0.29) is 52.9 Å². The lowest BCUT2D eigenvalue weighted by molar-refractivity contribution is -0.370. The molecular weight excluding hydrogens is 1010 g/mol. The van der Waals surface area contributed by atoms with Crippen molar-refractivity contribution in [2.24, 2.45) is 0 Å². The fourth-order valence-corrected chi connectivity index (χ4v) is 8.74. The SMILES string of the molecule is CC(=O)O[C@H]1[C@@H](OCc2ccccc2)[C@@H](COCc2ccccc2)O[C@@H](O[C@H]2[C@H](OCc3ccccc3)[C@@H](OCc3ccccc3)[C@@H](OC(=N)C(Cl)(Cl)Cl)O[C@@H]2COCc2ccccc2)[C@@H]1OCc1ccccc1. The van der Waals surface area contributed by atoms with Gasteiger partial charge in [0.15, 0.2) is 12.4 Å². The van der Waals surface area contributed by atoms with Gasteiger partial charge in [-0.3, -0.25) is 10.2 Å². The molecule has 8 rings (SSSR count). The van der Waals surface area contributed by atoms with Crippen molar-refractivity contribution in [3.63, 3.8) is 0 Å².